The van der Waals surface area contributed by atoms with E-state index in [0.29, 0.717) is 6.54 Å². The highest BCUT2D eigenvalue weighted by molar-refractivity contribution is 7.10. The Balaban J connectivity index is 1.92. The van der Waals surface area contributed by atoms with Gasteiger partial charge in [-0.15, -0.1) is 11.3 Å². The second kappa shape index (κ2) is 7.03. The number of rotatable bonds is 6. The van der Waals surface area contributed by atoms with Crippen LogP contribution in [-0.2, 0) is 9.53 Å². The maximum absolute atomic E-state index is 12.2. The largest absolute Gasteiger partial charge is 0.364 e. The monoisotopic (exact) mass is 282 g/mol. The minimum Gasteiger partial charge on any atom is -0.364 e. The third kappa shape index (κ3) is 3.78. The van der Waals surface area contributed by atoms with E-state index in [2.05, 4.69) is 18.3 Å². The normalized spacial score (nSPS) is 24.3. The van der Waals surface area contributed by atoms with Gasteiger partial charge in [0.2, 0.25) is 5.91 Å². The van der Waals surface area contributed by atoms with Gasteiger partial charge >= 0.3 is 0 Å². The number of hydrogen-bond donors (Lipinski definition) is 2. The number of nitrogens with one attached hydrogen (secondary N) is 1. The van der Waals surface area contributed by atoms with Gasteiger partial charge in [0, 0.05) is 11.4 Å². The molecule has 1 aliphatic heterocycles. The first-order valence-electron chi connectivity index (χ1n) is 6.94. The van der Waals surface area contributed by atoms with Crippen LogP contribution < -0.4 is 11.1 Å². The molecule has 1 aliphatic rings. The Labute approximate surface area is 118 Å². The smallest absolute Gasteiger partial charge is 0.249 e. The number of nitrogens with two attached hydrogens (primary N) is 1. The van der Waals surface area contributed by atoms with E-state index < -0.39 is 0 Å². The lowest BCUT2D eigenvalue weighted by Crippen LogP contribution is -2.37. The van der Waals surface area contributed by atoms with Gasteiger partial charge < -0.3 is 15.8 Å². The second-order valence-corrected chi connectivity index (χ2v) is 5.90. The molecule has 4 nitrogen and oxygen atoms in total. The van der Waals surface area contributed by atoms with Crippen molar-refractivity contribution in [3.8, 4) is 0 Å². The molecule has 2 rings (SSSR count). The topological polar surface area (TPSA) is 64.4 Å². The Morgan fingerprint density at radius 3 is 3.05 bits per heavy atom. The van der Waals surface area contributed by atoms with Crippen molar-refractivity contribution in [2.45, 2.75) is 50.9 Å². The minimum absolute atomic E-state index is 0.00259. The fourth-order valence-corrected chi connectivity index (χ4v) is 3.21. The molecule has 0 bridgehead atoms. The van der Waals surface area contributed by atoms with Gasteiger partial charge in [-0.1, -0.05) is 19.4 Å². The molecule has 1 aromatic heterocycles. The van der Waals surface area contributed by atoms with Crippen LogP contribution in [-0.4, -0.2) is 24.7 Å². The van der Waals surface area contributed by atoms with E-state index in [-0.39, 0.29) is 24.2 Å². The van der Waals surface area contributed by atoms with Gasteiger partial charge in [-0.3, -0.25) is 4.79 Å². The van der Waals surface area contributed by atoms with Crippen molar-refractivity contribution in [3.63, 3.8) is 0 Å². The van der Waals surface area contributed by atoms with Crippen molar-refractivity contribution in [1.29, 1.82) is 0 Å². The van der Waals surface area contributed by atoms with Crippen LogP contribution >= 0.6 is 11.3 Å². The van der Waals surface area contributed by atoms with E-state index in [9.17, 15) is 4.79 Å². The van der Waals surface area contributed by atoms with Crippen molar-refractivity contribution < 1.29 is 9.53 Å². The second-order valence-electron chi connectivity index (χ2n) is 4.93. The summed E-state index contributed by atoms with van der Waals surface area (Å²) < 4.78 is 5.64. The average Bonchev–Trinajstić information content (AvgIpc) is 3.09. The molecule has 2 heterocycles. The van der Waals surface area contributed by atoms with Gasteiger partial charge in [-0.2, -0.15) is 0 Å². The first kappa shape index (κ1) is 14.5. The summed E-state index contributed by atoms with van der Waals surface area (Å²) in [6, 6.07) is 4.20. The summed E-state index contributed by atoms with van der Waals surface area (Å²) in [5.41, 5.74) is 5.57. The van der Waals surface area contributed by atoms with Gasteiger partial charge in [0.15, 0.2) is 0 Å². The number of ether oxygens (including phenoxy) is 1. The molecule has 0 radical (unpaired) electrons. The van der Waals surface area contributed by atoms with Crippen LogP contribution in [0, 0.1) is 0 Å². The molecule has 1 aromatic rings. The summed E-state index contributed by atoms with van der Waals surface area (Å²) in [6.45, 7) is 2.62. The summed E-state index contributed by atoms with van der Waals surface area (Å²) in [7, 11) is 0. The van der Waals surface area contributed by atoms with Gasteiger partial charge in [-0.25, -0.2) is 0 Å². The molecule has 3 unspecified atom stereocenters. The lowest BCUT2D eigenvalue weighted by Gasteiger charge is -2.19. The summed E-state index contributed by atoms with van der Waals surface area (Å²) >= 11 is 1.69. The SMILES string of the molecule is CCCC(NC(=O)C1CCC(CN)O1)c1cccs1. The Bertz CT molecular complexity index is 394. The molecule has 0 saturated carbocycles. The predicted octanol–water partition coefficient (Wildman–Crippen LogP) is 2.21. The standard InChI is InChI=1S/C14H22N2O2S/c1-2-4-11(13-5-3-8-19-13)16-14(17)12-7-6-10(9-15)18-12/h3,5,8,10-12H,2,4,6-7,9,15H2,1H3,(H,16,17). The molecule has 1 amide bonds. The highest BCUT2D eigenvalue weighted by Crippen LogP contribution is 2.25. The highest BCUT2D eigenvalue weighted by atomic mass is 32.1. The lowest BCUT2D eigenvalue weighted by molar-refractivity contribution is -0.132. The summed E-state index contributed by atoms with van der Waals surface area (Å²) in [5, 5.41) is 5.15. The van der Waals surface area contributed by atoms with Gasteiger partial charge in [-0.05, 0) is 30.7 Å². The van der Waals surface area contributed by atoms with Crippen LogP contribution in [0.3, 0.4) is 0 Å². The molecule has 19 heavy (non-hydrogen) atoms. The van der Waals surface area contributed by atoms with E-state index in [1.807, 2.05) is 11.4 Å². The summed E-state index contributed by atoms with van der Waals surface area (Å²) in [6.07, 6.45) is 3.37. The average molecular weight is 282 g/mol. The van der Waals surface area contributed by atoms with Crippen molar-refractivity contribution in [1.82, 2.24) is 5.32 Å². The number of hydrogen-bond acceptors (Lipinski definition) is 4. The first-order chi connectivity index (χ1) is 9.24. The van der Waals surface area contributed by atoms with Crippen LogP contribution in [0.15, 0.2) is 17.5 Å². The molecule has 0 spiro atoms. The van der Waals surface area contributed by atoms with Crippen molar-refractivity contribution >= 4 is 17.2 Å². The number of carbonyl (C=O) groups excluding carboxylic acids is 1. The Morgan fingerprint density at radius 1 is 1.63 bits per heavy atom. The fraction of sp³-hybridized carbons (Fsp3) is 0.643. The van der Waals surface area contributed by atoms with E-state index in [1.54, 1.807) is 11.3 Å². The van der Waals surface area contributed by atoms with E-state index in [0.717, 1.165) is 25.7 Å². The molecule has 0 aliphatic carbocycles. The van der Waals surface area contributed by atoms with E-state index in [4.69, 9.17) is 10.5 Å². The Hall–Kier alpha value is -0.910. The lowest BCUT2D eigenvalue weighted by atomic mass is 10.1. The van der Waals surface area contributed by atoms with Gasteiger partial charge in [0.25, 0.3) is 0 Å². The third-order valence-corrected chi connectivity index (χ3v) is 4.43. The zero-order chi connectivity index (χ0) is 13.7. The van der Waals surface area contributed by atoms with E-state index in [1.165, 1.54) is 4.88 Å². The van der Waals surface area contributed by atoms with Gasteiger partial charge in [0.1, 0.15) is 6.10 Å². The molecule has 106 valence electrons. The number of thiophene rings is 1. The van der Waals surface area contributed by atoms with Gasteiger partial charge in [0.05, 0.1) is 12.1 Å². The van der Waals surface area contributed by atoms with E-state index >= 15 is 0 Å². The molecule has 1 fully saturated rings. The predicted molar refractivity (Wildman–Crippen MR) is 77.1 cm³/mol. The van der Waals surface area contributed by atoms with Crippen molar-refractivity contribution in [3.05, 3.63) is 22.4 Å². The molecule has 0 aromatic carbocycles. The first-order valence-corrected chi connectivity index (χ1v) is 7.81. The van der Waals surface area contributed by atoms with Crippen LogP contribution in [0.25, 0.3) is 0 Å². The molecule has 1 saturated heterocycles. The fourth-order valence-electron chi connectivity index (χ4n) is 2.40. The quantitative estimate of drug-likeness (QED) is 0.841. The van der Waals surface area contributed by atoms with Crippen LogP contribution in [0.1, 0.15) is 43.5 Å². The van der Waals surface area contributed by atoms with Crippen LogP contribution in [0.4, 0.5) is 0 Å². The molecule has 3 N–H and O–H groups in total. The highest BCUT2D eigenvalue weighted by Gasteiger charge is 2.31. The number of carbonyl (C=O) groups is 1. The number of amides is 1. The molecule has 5 heteroatoms. The third-order valence-electron chi connectivity index (χ3n) is 3.44. The van der Waals surface area contributed by atoms with Crippen molar-refractivity contribution in [2.75, 3.05) is 6.54 Å². The molecular weight excluding hydrogens is 260 g/mol. The zero-order valence-corrected chi connectivity index (χ0v) is 12.1. The van der Waals surface area contributed by atoms with Crippen LogP contribution in [0.2, 0.25) is 0 Å². The maximum atomic E-state index is 12.2. The van der Waals surface area contributed by atoms with Crippen LogP contribution in [0.5, 0.6) is 0 Å². The minimum atomic E-state index is -0.326. The summed E-state index contributed by atoms with van der Waals surface area (Å²) in [5.74, 6) is 0.00259. The maximum Gasteiger partial charge on any atom is 0.249 e. The molecular formula is C14H22N2O2S. The van der Waals surface area contributed by atoms with Crippen molar-refractivity contribution in [2.24, 2.45) is 5.73 Å². The Kier molecular flexibility index (Phi) is 5.36. The molecule has 3 atom stereocenters. The Morgan fingerprint density at radius 2 is 2.47 bits per heavy atom. The zero-order valence-electron chi connectivity index (χ0n) is 11.3. The summed E-state index contributed by atoms with van der Waals surface area (Å²) in [4.78, 5) is 13.4.